The third kappa shape index (κ3) is 3.13. The normalized spacial score (nSPS) is 14.6. The van der Waals surface area contributed by atoms with Crippen molar-refractivity contribution >= 4 is 11.4 Å². The van der Waals surface area contributed by atoms with Crippen molar-refractivity contribution in [2.75, 3.05) is 23.3 Å². The molecule has 1 aliphatic rings. The van der Waals surface area contributed by atoms with Gasteiger partial charge >= 0.3 is 0 Å². The first-order valence-electron chi connectivity index (χ1n) is 7.46. The highest BCUT2D eigenvalue weighted by Gasteiger charge is 2.11. The van der Waals surface area contributed by atoms with E-state index in [1.165, 1.54) is 48.4 Å². The summed E-state index contributed by atoms with van der Waals surface area (Å²) in [7, 11) is 0. The van der Waals surface area contributed by atoms with Crippen molar-refractivity contribution in [2.24, 2.45) is 0 Å². The fraction of sp³-hybridized carbons (Fsp3) is 0.333. The minimum Gasteiger partial charge on any atom is -0.381 e. The molecular weight excluding hydrogens is 244 g/mol. The Labute approximate surface area is 121 Å². The van der Waals surface area contributed by atoms with Crippen LogP contribution in [-0.2, 0) is 6.54 Å². The molecule has 0 radical (unpaired) electrons. The van der Waals surface area contributed by atoms with E-state index in [0.29, 0.717) is 0 Å². The summed E-state index contributed by atoms with van der Waals surface area (Å²) in [5, 5.41) is 3.48. The zero-order valence-electron chi connectivity index (χ0n) is 12.1. The number of rotatable bonds is 4. The first kappa shape index (κ1) is 13.0. The number of anilines is 2. The Hall–Kier alpha value is -1.96. The van der Waals surface area contributed by atoms with Crippen LogP contribution in [0.3, 0.4) is 0 Å². The van der Waals surface area contributed by atoms with Gasteiger partial charge < -0.3 is 10.2 Å². The third-order valence-electron chi connectivity index (χ3n) is 3.96. The van der Waals surface area contributed by atoms with Crippen LogP contribution in [0.2, 0.25) is 0 Å². The lowest BCUT2D eigenvalue weighted by Gasteiger charge is -2.18. The highest BCUT2D eigenvalue weighted by atomic mass is 15.1. The summed E-state index contributed by atoms with van der Waals surface area (Å²) in [5.74, 6) is 0. The van der Waals surface area contributed by atoms with E-state index in [2.05, 4.69) is 65.7 Å². The molecule has 0 spiro atoms. The summed E-state index contributed by atoms with van der Waals surface area (Å²) in [6, 6.07) is 17.5. The standard InChI is InChI=1S/C18H22N2/c1-15-4-6-16(7-5-15)14-19-17-8-10-18(11-9-17)20-12-2-3-13-20/h4-11,19H,2-3,12-14H2,1H3. The molecule has 2 aromatic rings. The van der Waals surface area contributed by atoms with Crippen LogP contribution >= 0.6 is 0 Å². The average molecular weight is 266 g/mol. The van der Waals surface area contributed by atoms with E-state index < -0.39 is 0 Å². The maximum absolute atomic E-state index is 3.48. The van der Waals surface area contributed by atoms with Gasteiger partial charge in [-0.15, -0.1) is 0 Å². The maximum atomic E-state index is 3.48. The fourth-order valence-electron chi connectivity index (χ4n) is 2.68. The molecule has 0 aromatic heterocycles. The van der Waals surface area contributed by atoms with E-state index in [4.69, 9.17) is 0 Å². The fourth-order valence-corrected chi connectivity index (χ4v) is 2.68. The second-order valence-electron chi connectivity index (χ2n) is 5.58. The van der Waals surface area contributed by atoms with Crippen LogP contribution in [0.5, 0.6) is 0 Å². The summed E-state index contributed by atoms with van der Waals surface area (Å²) in [6.45, 7) is 5.41. The van der Waals surface area contributed by atoms with Gasteiger partial charge in [0.05, 0.1) is 0 Å². The lowest BCUT2D eigenvalue weighted by Crippen LogP contribution is -2.17. The van der Waals surface area contributed by atoms with Gasteiger partial charge in [-0.05, 0) is 49.6 Å². The lowest BCUT2D eigenvalue weighted by molar-refractivity contribution is 0.949. The van der Waals surface area contributed by atoms with Gasteiger partial charge in [0.25, 0.3) is 0 Å². The highest BCUT2D eigenvalue weighted by Crippen LogP contribution is 2.22. The maximum Gasteiger partial charge on any atom is 0.0400 e. The Morgan fingerprint density at radius 1 is 0.900 bits per heavy atom. The van der Waals surface area contributed by atoms with Gasteiger partial charge in [-0.1, -0.05) is 29.8 Å². The van der Waals surface area contributed by atoms with Crippen LogP contribution in [0.15, 0.2) is 48.5 Å². The highest BCUT2D eigenvalue weighted by molar-refractivity contribution is 5.55. The van der Waals surface area contributed by atoms with Crippen molar-refractivity contribution < 1.29 is 0 Å². The first-order chi connectivity index (χ1) is 9.81. The minimum absolute atomic E-state index is 0.878. The van der Waals surface area contributed by atoms with Gasteiger partial charge in [-0.25, -0.2) is 0 Å². The van der Waals surface area contributed by atoms with Crippen molar-refractivity contribution in [3.8, 4) is 0 Å². The smallest absolute Gasteiger partial charge is 0.0400 e. The van der Waals surface area contributed by atoms with E-state index in [1.807, 2.05) is 0 Å². The number of hydrogen-bond donors (Lipinski definition) is 1. The second-order valence-corrected chi connectivity index (χ2v) is 5.58. The van der Waals surface area contributed by atoms with Gasteiger partial charge in [0.15, 0.2) is 0 Å². The third-order valence-corrected chi connectivity index (χ3v) is 3.96. The number of hydrogen-bond acceptors (Lipinski definition) is 2. The molecule has 0 amide bonds. The molecular formula is C18H22N2. The van der Waals surface area contributed by atoms with Gasteiger partial charge in [-0.2, -0.15) is 0 Å². The molecule has 1 fully saturated rings. The lowest BCUT2D eigenvalue weighted by atomic mass is 10.1. The van der Waals surface area contributed by atoms with E-state index in [9.17, 15) is 0 Å². The van der Waals surface area contributed by atoms with Gasteiger partial charge in [0, 0.05) is 31.0 Å². The van der Waals surface area contributed by atoms with Crippen molar-refractivity contribution in [2.45, 2.75) is 26.3 Å². The second kappa shape index (κ2) is 6.00. The monoisotopic (exact) mass is 266 g/mol. The quantitative estimate of drug-likeness (QED) is 0.892. The largest absolute Gasteiger partial charge is 0.381 e. The van der Waals surface area contributed by atoms with Crippen molar-refractivity contribution in [1.29, 1.82) is 0 Å². The van der Waals surface area contributed by atoms with Gasteiger partial charge in [-0.3, -0.25) is 0 Å². The number of nitrogens with one attached hydrogen (secondary N) is 1. The van der Waals surface area contributed by atoms with Crippen molar-refractivity contribution in [3.63, 3.8) is 0 Å². The van der Waals surface area contributed by atoms with Crippen molar-refractivity contribution in [1.82, 2.24) is 0 Å². The molecule has 20 heavy (non-hydrogen) atoms. The summed E-state index contributed by atoms with van der Waals surface area (Å²) < 4.78 is 0. The molecule has 1 N–H and O–H groups in total. The van der Waals surface area contributed by atoms with Crippen molar-refractivity contribution in [3.05, 3.63) is 59.7 Å². The predicted octanol–water partition coefficient (Wildman–Crippen LogP) is 4.21. The molecule has 3 rings (SSSR count). The molecule has 1 saturated heterocycles. The van der Waals surface area contributed by atoms with Crippen LogP contribution in [0.4, 0.5) is 11.4 Å². The molecule has 0 unspecified atom stereocenters. The number of benzene rings is 2. The molecule has 0 aliphatic carbocycles. The zero-order chi connectivity index (χ0) is 13.8. The zero-order valence-corrected chi connectivity index (χ0v) is 12.1. The van der Waals surface area contributed by atoms with Crippen LogP contribution < -0.4 is 10.2 Å². The van der Waals surface area contributed by atoms with Gasteiger partial charge in [0.1, 0.15) is 0 Å². The summed E-state index contributed by atoms with van der Waals surface area (Å²) in [5.41, 5.74) is 5.17. The Morgan fingerprint density at radius 2 is 1.55 bits per heavy atom. The van der Waals surface area contributed by atoms with E-state index >= 15 is 0 Å². The molecule has 1 aliphatic heterocycles. The van der Waals surface area contributed by atoms with E-state index in [1.54, 1.807) is 0 Å². The topological polar surface area (TPSA) is 15.3 Å². The Bertz CT molecular complexity index is 537. The molecule has 2 aromatic carbocycles. The molecule has 0 saturated carbocycles. The van der Waals surface area contributed by atoms with Crippen LogP contribution in [0.1, 0.15) is 24.0 Å². The first-order valence-corrected chi connectivity index (χ1v) is 7.46. The van der Waals surface area contributed by atoms with E-state index in [0.717, 1.165) is 6.54 Å². The average Bonchev–Trinajstić information content (AvgIpc) is 3.01. The number of nitrogens with zero attached hydrogens (tertiary/aromatic N) is 1. The summed E-state index contributed by atoms with van der Waals surface area (Å²) in [4.78, 5) is 2.46. The SMILES string of the molecule is Cc1ccc(CNc2ccc(N3CCCC3)cc2)cc1. The predicted molar refractivity (Wildman–Crippen MR) is 86.4 cm³/mol. The molecule has 0 bridgehead atoms. The Kier molecular flexibility index (Phi) is 3.91. The Balaban J connectivity index is 1.59. The van der Waals surface area contributed by atoms with Gasteiger partial charge in [0.2, 0.25) is 0 Å². The van der Waals surface area contributed by atoms with Crippen LogP contribution in [0.25, 0.3) is 0 Å². The van der Waals surface area contributed by atoms with E-state index in [-0.39, 0.29) is 0 Å². The Morgan fingerprint density at radius 3 is 2.20 bits per heavy atom. The molecule has 2 nitrogen and oxygen atoms in total. The molecule has 2 heteroatoms. The molecule has 104 valence electrons. The van der Waals surface area contributed by atoms with Crippen LogP contribution in [-0.4, -0.2) is 13.1 Å². The summed E-state index contributed by atoms with van der Waals surface area (Å²) in [6.07, 6.45) is 2.65. The minimum atomic E-state index is 0.878. The number of aryl methyl sites for hydroxylation is 1. The molecule has 1 heterocycles. The molecule has 0 atom stereocenters. The summed E-state index contributed by atoms with van der Waals surface area (Å²) >= 11 is 0. The van der Waals surface area contributed by atoms with Crippen LogP contribution in [0, 0.1) is 6.92 Å².